The third-order valence-electron chi connectivity index (χ3n) is 3.03. The first kappa shape index (κ1) is 13.5. The molecule has 1 aromatic heterocycles. The van der Waals surface area contributed by atoms with Crippen molar-refractivity contribution in [3.8, 4) is 0 Å². The van der Waals surface area contributed by atoms with Crippen molar-refractivity contribution in [2.24, 2.45) is 0 Å². The molecule has 6 heteroatoms. The molecule has 0 aromatic carbocycles. The third kappa shape index (κ3) is 2.75. The Bertz CT molecular complexity index is 483. The van der Waals surface area contributed by atoms with Gasteiger partial charge < -0.3 is 0 Å². The van der Waals surface area contributed by atoms with Gasteiger partial charge >= 0.3 is 0 Å². The molecule has 1 aliphatic heterocycles. The lowest BCUT2D eigenvalue weighted by atomic mass is 10.1. The van der Waals surface area contributed by atoms with Gasteiger partial charge in [-0.15, -0.1) is 11.3 Å². The van der Waals surface area contributed by atoms with Gasteiger partial charge in [0.2, 0.25) is 0 Å². The van der Waals surface area contributed by atoms with E-state index in [0.717, 1.165) is 29.5 Å². The number of alkyl halides is 1. The van der Waals surface area contributed by atoms with Gasteiger partial charge in [0.15, 0.2) is 0 Å². The van der Waals surface area contributed by atoms with Crippen LogP contribution in [0.25, 0.3) is 0 Å². The molecule has 0 bridgehead atoms. The first-order valence-electron chi connectivity index (χ1n) is 5.70. The summed E-state index contributed by atoms with van der Waals surface area (Å²) in [6, 6.07) is 3.69. The van der Waals surface area contributed by atoms with Gasteiger partial charge in [0.05, 0.1) is 0 Å². The zero-order valence-corrected chi connectivity index (χ0v) is 12.9. The van der Waals surface area contributed by atoms with E-state index in [-0.39, 0.29) is 6.04 Å². The molecule has 1 aliphatic rings. The number of thiophene rings is 1. The van der Waals surface area contributed by atoms with Crippen LogP contribution < -0.4 is 0 Å². The minimum absolute atomic E-state index is 0.108. The van der Waals surface area contributed by atoms with Crippen molar-refractivity contribution in [3.63, 3.8) is 0 Å². The fourth-order valence-electron chi connectivity index (χ4n) is 2.11. The predicted octanol–water partition coefficient (Wildman–Crippen LogP) is 2.99. The van der Waals surface area contributed by atoms with Crippen LogP contribution in [0.2, 0.25) is 0 Å². The number of halogens is 1. The van der Waals surface area contributed by atoms with Crippen molar-refractivity contribution in [1.29, 1.82) is 0 Å². The van der Waals surface area contributed by atoms with Gasteiger partial charge in [0.25, 0.3) is 10.0 Å². The molecule has 1 unspecified atom stereocenters. The summed E-state index contributed by atoms with van der Waals surface area (Å²) in [5.74, 6) is 0. The average molecular weight is 338 g/mol. The van der Waals surface area contributed by atoms with Crippen LogP contribution in [0, 0.1) is 6.92 Å². The summed E-state index contributed by atoms with van der Waals surface area (Å²) in [6.45, 7) is 2.58. The standard InChI is InChI=1S/C11H16BrNO2S2/c1-9-5-6-11(16-9)17(14,15)13-7-3-2-4-10(13)8-12/h5-6,10H,2-4,7-8H2,1H3. The Balaban J connectivity index is 2.30. The highest BCUT2D eigenvalue weighted by Crippen LogP contribution is 2.29. The molecule has 96 valence electrons. The van der Waals surface area contributed by atoms with Gasteiger partial charge in [0, 0.05) is 22.8 Å². The van der Waals surface area contributed by atoms with Gasteiger partial charge in [0.1, 0.15) is 4.21 Å². The summed E-state index contributed by atoms with van der Waals surface area (Å²) in [5.41, 5.74) is 0. The second-order valence-corrected chi connectivity index (χ2v) is 8.34. The third-order valence-corrected chi connectivity index (χ3v) is 7.20. The van der Waals surface area contributed by atoms with E-state index in [0.29, 0.717) is 10.8 Å². The normalized spacial score (nSPS) is 22.8. The maximum atomic E-state index is 12.5. The molecule has 3 nitrogen and oxygen atoms in total. The van der Waals surface area contributed by atoms with Crippen LogP contribution in [0.15, 0.2) is 16.3 Å². The van der Waals surface area contributed by atoms with E-state index in [4.69, 9.17) is 0 Å². The monoisotopic (exact) mass is 337 g/mol. The van der Waals surface area contributed by atoms with Crippen LogP contribution in [0.4, 0.5) is 0 Å². The number of nitrogens with zero attached hydrogens (tertiary/aromatic N) is 1. The molecule has 0 amide bonds. The van der Waals surface area contributed by atoms with Crippen LogP contribution in [0.3, 0.4) is 0 Å². The van der Waals surface area contributed by atoms with E-state index in [1.807, 2.05) is 13.0 Å². The van der Waals surface area contributed by atoms with E-state index in [2.05, 4.69) is 15.9 Å². The van der Waals surface area contributed by atoms with Crippen molar-refractivity contribution < 1.29 is 8.42 Å². The van der Waals surface area contributed by atoms with E-state index in [9.17, 15) is 8.42 Å². The Morgan fingerprint density at radius 2 is 2.24 bits per heavy atom. The van der Waals surface area contributed by atoms with Crippen LogP contribution in [0.1, 0.15) is 24.1 Å². The van der Waals surface area contributed by atoms with E-state index < -0.39 is 10.0 Å². The summed E-state index contributed by atoms with van der Waals surface area (Å²) in [5, 5.41) is 0.719. The first-order chi connectivity index (χ1) is 8.05. The number of hydrogen-bond donors (Lipinski definition) is 0. The van der Waals surface area contributed by atoms with Crippen LogP contribution in [0.5, 0.6) is 0 Å². The Morgan fingerprint density at radius 1 is 1.47 bits per heavy atom. The van der Waals surface area contributed by atoms with Crippen molar-refractivity contribution in [1.82, 2.24) is 4.31 Å². The smallest absolute Gasteiger partial charge is 0.206 e. The van der Waals surface area contributed by atoms with Gasteiger partial charge in [-0.05, 0) is 31.9 Å². The molecule has 1 fully saturated rings. The minimum atomic E-state index is -3.28. The highest BCUT2D eigenvalue weighted by molar-refractivity contribution is 9.09. The highest BCUT2D eigenvalue weighted by Gasteiger charge is 2.33. The molecule has 0 aliphatic carbocycles. The number of piperidine rings is 1. The lowest BCUT2D eigenvalue weighted by Gasteiger charge is -2.33. The summed E-state index contributed by atoms with van der Waals surface area (Å²) in [6.07, 6.45) is 3.04. The molecule has 0 N–H and O–H groups in total. The Morgan fingerprint density at radius 3 is 2.82 bits per heavy atom. The van der Waals surface area contributed by atoms with Crippen molar-refractivity contribution in [2.45, 2.75) is 36.4 Å². The summed E-state index contributed by atoms with van der Waals surface area (Å²) >= 11 is 4.77. The van der Waals surface area contributed by atoms with Gasteiger partial charge in [-0.3, -0.25) is 0 Å². The predicted molar refractivity (Wildman–Crippen MR) is 74.4 cm³/mol. The first-order valence-corrected chi connectivity index (χ1v) is 9.08. The van der Waals surface area contributed by atoms with Crippen molar-refractivity contribution in [3.05, 3.63) is 17.0 Å². The molecule has 2 rings (SSSR count). The van der Waals surface area contributed by atoms with Crippen LogP contribution in [-0.4, -0.2) is 30.6 Å². The Labute approximate surface area is 115 Å². The van der Waals surface area contributed by atoms with Crippen molar-refractivity contribution in [2.75, 3.05) is 11.9 Å². The molecule has 1 aromatic rings. The minimum Gasteiger partial charge on any atom is -0.206 e. The Hall–Kier alpha value is 0.0900. The molecule has 1 saturated heterocycles. The SMILES string of the molecule is Cc1ccc(S(=O)(=O)N2CCCCC2CBr)s1. The lowest BCUT2D eigenvalue weighted by Crippen LogP contribution is -2.44. The molecule has 0 saturated carbocycles. The fourth-order valence-corrected chi connectivity index (χ4v) is 6.08. The van der Waals surface area contributed by atoms with Crippen LogP contribution in [-0.2, 0) is 10.0 Å². The maximum absolute atomic E-state index is 12.5. The second-order valence-electron chi connectivity index (χ2n) is 4.28. The topological polar surface area (TPSA) is 37.4 Å². The second kappa shape index (κ2) is 5.38. The zero-order valence-electron chi connectivity index (χ0n) is 9.73. The molecule has 1 atom stereocenters. The van der Waals surface area contributed by atoms with Crippen LogP contribution >= 0.6 is 27.3 Å². The van der Waals surface area contributed by atoms with E-state index in [1.165, 1.54) is 11.3 Å². The molecular formula is C11H16BrNO2S2. The number of aryl methyl sites for hydroxylation is 1. The number of sulfonamides is 1. The van der Waals surface area contributed by atoms with Gasteiger partial charge in [-0.2, -0.15) is 4.31 Å². The molecule has 0 radical (unpaired) electrons. The summed E-state index contributed by atoms with van der Waals surface area (Å²) in [7, 11) is -3.28. The fraction of sp³-hybridized carbons (Fsp3) is 0.636. The molecule has 2 heterocycles. The maximum Gasteiger partial charge on any atom is 0.252 e. The molecular weight excluding hydrogens is 322 g/mol. The molecule has 0 spiro atoms. The zero-order chi connectivity index (χ0) is 12.5. The highest BCUT2D eigenvalue weighted by atomic mass is 79.9. The average Bonchev–Trinajstić information content (AvgIpc) is 2.76. The van der Waals surface area contributed by atoms with E-state index >= 15 is 0 Å². The lowest BCUT2D eigenvalue weighted by molar-refractivity contribution is 0.274. The van der Waals surface area contributed by atoms with Gasteiger partial charge in [-0.25, -0.2) is 8.42 Å². The van der Waals surface area contributed by atoms with Gasteiger partial charge in [-0.1, -0.05) is 22.4 Å². The number of hydrogen-bond acceptors (Lipinski definition) is 3. The number of rotatable bonds is 3. The largest absolute Gasteiger partial charge is 0.252 e. The summed E-state index contributed by atoms with van der Waals surface area (Å²) < 4.78 is 27.1. The quantitative estimate of drug-likeness (QED) is 0.795. The summed E-state index contributed by atoms with van der Waals surface area (Å²) in [4.78, 5) is 1.04. The Kier molecular flexibility index (Phi) is 4.28. The van der Waals surface area contributed by atoms with Crippen molar-refractivity contribution >= 4 is 37.3 Å². The molecule has 17 heavy (non-hydrogen) atoms. The van der Waals surface area contributed by atoms with E-state index in [1.54, 1.807) is 10.4 Å².